The summed E-state index contributed by atoms with van der Waals surface area (Å²) in [6, 6.07) is 20.6. The number of carbonyl (C=O) groups excluding carboxylic acids is 1. The maximum Gasteiger partial charge on any atom is 0.266 e. The minimum atomic E-state index is -3.84. The standard InChI is InChI=1S/C23H17N5O3S2/c24-14-16(23(29)26-18-8-10-20(11-9-18)33(25,30)31)13-17-15-28(19-5-2-1-3-6-19)27-22(17)21-7-4-12-32-21/h1-13,15H,(H,26,29)(H2,25,30,31)/b16-13+. The summed E-state index contributed by atoms with van der Waals surface area (Å²) in [7, 11) is -3.84. The van der Waals surface area contributed by atoms with Gasteiger partial charge in [0.2, 0.25) is 10.0 Å². The van der Waals surface area contributed by atoms with Gasteiger partial charge in [-0.05, 0) is 53.9 Å². The summed E-state index contributed by atoms with van der Waals surface area (Å²) in [6.45, 7) is 0. The maximum atomic E-state index is 12.7. The minimum Gasteiger partial charge on any atom is -0.321 e. The molecule has 0 fully saturated rings. The van der Waals surface area contributed by atoms with Gasteiger partial charge in [0.15, 0.2) is 0 Å². The van der Waals surface area contributed by atoms with Gasteiger partial charge in [0.05, 0.1) is 15.5 Å². The lowest BCUT2D eigenvalue weighted by Gasteiger charge is -2.05. The summed E-state index contributed by atoms with van der Waals surface area (Å²) < 4.78 is 24.5. The first-order valence-electron chi connectivity index (χ1n) is 9.60. The Labute approximate surface area is 194 Å². The molecule has 3 N–H and O–H groups in total. The van der Waals surface area contributed by atoms with Crippen LogP contribution in [0.4, 0.5) is 5.69 Å². The number of nitrogens with one attached hydrogen (secondary N) is 1. The molecule has 1 amide bonds. The fourth-order valence-electron chi connectivity index (χ4n) is 3.04. The van der Waals surface area contributed by atoms with Crippen LogP contribution in [0.25, 0.3) is 22.3 Å². The molecule has 4 aromatic rings. The number of amides is 1. The van der Waals surface area contributed by atoms with E-state index in [1.165, 1.54) is 41.7 Å². The molecule has 0 aliphatic carbocycles. The lowest BCUT2D eigenvalue weighted by Crippen LogP contribution is -2.14. The normalized spacial score (nSPS) is 11.7. The Kier molecular flexibility index (Phi) is 6.19. The van der Waals surface area contributed by atoms with E-state index in [-0.39, 0.29) is 10.5 Å². The third-order valence-corrected chi connectivity index (χ3v) is 6.43. The van der Waals surface area contributed by atoms with Crippen molar-refractivity contribution in [3.05, 3.63) is 89.4 Å². The van der Waals surface area contributed by atoms with Crippen molar-refractivity contribution in [1.29, 1.82) is 5.26 Å². The maximum absolute atomic E-state index is 12.7. The molecule has 0 saturated carbocycles. The Balaban J connectivity index is 1.67. The zero-order valence-electron chi connectivity index (χ0n) is 17.0. The van der Waals surface area contributed by atoms with Crippen LogP contribution in [0.1, 0.15) is 5.56 Å². The van der Waals surface area contributed by atoms with Crippen molar-refractivity contribution in [3.8, 4) is 22.3 Å². The highest BCUT2D eigenvalue weighted by Gasteiger charge is 2.16. The number of thiophene rings is 1. The number of sulfonamides is 1. The highest BCUT2D eigenvalue weighted by Crippen LogP contribution is 2.29. The second kappa shape index (κ2) is 9.22. The summed E-state index contributed by atoms with van der Waals surface area (Å²) in [6.07, 6.45) is 3.24. The second-order valence-electron chi connectivity index (χ2n) is 6.88. The zero-order chi connectivity index (χ0) is 23.4. The Bertz CT molecular complexity index is 1470. The van der Waals surface area contributed by atoms with Gasteiger partial charge in [-0.2, -0.15) is 10.4 Å². The van der Waals surface area contributed by atoms with Crippen molar-refractivity contribution in [2.45, 2.75) is 4.90 Å². The molecule has 4 rings (SSSR count). The van der Waals surface area contributed by atoms with Crippen LogP contribution in [-0.4, -0.2) is 24.1 Å². The Morgan fingerprint density at radius 3 is 2.42 bits per heavy atom. The molecule has 0 radical (unpaired) electrons. The van der Waals surface area contributed by atoms with E-state index in [0.29, 0.717) is 16.9 Å². The second-order valence-corrected chi connectivity index (χ2v) is 9.39. The van der Waals surface area contributed by atoms with Crippen molar-refractivity contribution >= 4 is 39.0 Å². The van der Waals surface area contributed by atoms with Crippen LogP contribution in [0.5, 0.6) is 0 Å². The molecular weight excluding hydrogens is 458 g/mol. The van der Waals surface area contributed by atoms with Crippen LogP contribution in [0.2, 0.25) is 0 Å². The van der Waals surface area contributed by atoms with E-state index in [4.69, 9.17) is 5.14 Å². The number of anilines is 1. The SMILES string of the molecule is N#C/C(=C\c1cn(-c2ccccc2)nc1-c1cccs1)C(=O)Nc1ccc(S(N)(=O)=O)cc1. The van der Waals surface area contributed by atoms with Crippen molar-refractivity contribution in [3.63, 3.8) is 0 Å². The van der Waals surface area contributed by atoms with Gasteiger partial charge < -0.3 is 5.32 Å². The third-order valence-electron chi connectivity index (χ3n) is 4.62. The number of hydrogen-bond acceptors (Lipinski definition) is 6. The number of hydrogen-bond donors (Lipinski definition) is 2. The number of benzene rings is 2. The summed E-state index contributed by atoms with van der Waals surface area (Å²) in [5.41, 5.74) is 2.29. The topological polar surface area (TPSA) is 131 Å². The lowest BCUT2D eigenvalue weighted by atomic mass is 10.1. The van der Waals surface area contributed by atoms with Gasteiger partial charge in [0, 0.05) is 17.4 Å². The number of rotatable bonds is 6. The molecule has 0 saturated heterocycles. The fourth-order valence-corrected chi connectivity index (χ4v) is 4.29. The summed E-state index contributed by atoms with van der Waals surface area (Å²) in [5.74, 6) is -0.634. The number of para-hydroxylation sites is 1. The van der Waals surface area contributed by atoms with Crippen molar-refractivity contribution in [2.24, 2.45) is 5.14 Å². The first kappa shape index (κ1) is 22.2. The van der Waals surface area contributed by atoms with E-state index in [2.05, 4.69) is 10.4 Å². The van der Waals surface area contributed by atoms with Crippen LogP contribution in [-0.2, 0) is 14.8 Å². The quantitative estimate of drug-likeness (QED) is 0.324. The van der Waals surface area contributed by atoms with Gasteiger partial charge in [0.25, 0.3) is 5.91 Å². The zero-order valence-corrected chi connectivity index (χ0v) is 18.7. The predicted octanol–water partition coefficient (Wildman–Crippen LogP) is 3.79. The van der Waals surface area contributed by atoms with Gasteiger partial charge in [0.1, 0.15) is 17.3 Å². The predicted molar refractivity (Wildman–Crippen MR) is 127 cm³/mol. The molecule has 0 aliphatic rings. The molecule has 2 aromatic carbocycles. The molecule has 0 unspecified atom stereocenters. The molecule has 10 heteroatoms. The van der Waals surface area contributed by atoms with Gasteiger partial charge in [-0.25, -0.2) is 18.2 Å². The lowest BCUT2D eigenvalue weighted by molar-refractivity contribution is -0.112. The van der Waals surface area contributed by atoms with E-state index in [9.17, 15) is 18.5 Å². The Morgan fingerprint density at radius 1 is 1.09 bits per heavy atom. The van der Waals surface area contributed by atoms with Crippen LogP contribution < -0.4 is 10.5 Å². The van der Waals surface area contributed by atoms with E-state index in [1.54, 1.807) is 10.9 Å². The minimum absolute atomic E-state index is 0.0783. The number of nitrogens with two attached hydrogens (primary N) is 1. The number of nitriles is 1. The monoisotopic (exact) mass is 475 g/mol. The first-order chi connectivity index (χ1) is 15.8. The average molecular weight is 476 g/mol. The van der Waals surface area contributed by atoms with Gasteiger partial charge in [-0.1, -0.05) is 24.3 Å². The largest absolute Gasteiger partial charge is 0.321 e. The molecule has 2 aromatic heterocycles. The van der Waals surface area contributed by atoms with E-state index >= 15 is 0 Å². The number of nitrogens with zero attached hydrogens (tertiary/aromatic N) is 3. The van der Waals surface area contributed by atoms with Crippen molar-refractivity contribution in [1.82, 2.24) is 9.78 Å². The van der Waals surface area contributed by atoms with Crippen LogP contribution >= 0.6 is 11.3 Å². The fraction of sp³-hybridized carbons (Fsp3) is 0. The van der Waals surface area contributed by atoms with Crippen molar-refractivity contribution in [2.75, 3.05) is 5.32 Å². The van der Waals surface area contributed by atoms with Crippen molar-refractivity contribution < 1.29 is 13.2 Å². The summed E-state index contributed by atoms with van der Waals surface area (Å²) in [4.78, 5) is 13.6. The van der Waals surface area contributed by atoms with E-state index in [1.807, 2.05) is 53.9 Å². The molecule has 33 heavy (non-hydrogen) atoms. The molecule has 2 heterocycles. The van der Waals surface area contributed by atoms with Crippen LogP contribution in [0.15, 0.2) is 88.8 Å². The molecular formula is C23H17N5O3S2. The van der Waals surface area contributed by atoms with Gasteiger partial charge in [-0.15, -0.1) is 11.3 Å². The molecule has 164 valence electrons. The average Bonchev–Trinajstić information content (AvgIpc) is 3.47. The third kappa shape index (κ3) is 5.07. The first-order valence-corrected chi connectivity index (χ1v) is 12.0. The smallest absolute Gasteiger partial charge is 0.266 e. The Hall–Kier alpha value is -4.04. The molecule has 0 spiro atoms. The number of carbonyl (C=O) groups is 1. The number of aromatic nitrogens is 2. The number of primary sulfonamides is 1. The summed E-state index contributed by atoms with van der Waals surface area (Å²) >= 11 is 1.50. The Morgan fingerprint density at radius 2 is 1.82 bits per heavy atom. The summed E-state index contributed by atoms with van der Waals surface area (Å²) in [5, 5.41) is 23.9. The molecule has 0 bridgehead atoms. The highest BCUT2D eigenvalue weighted by molar-refractivity contribution is 7.89. The van der Waals surface area contributed by atoms with E-state index in [0.717, 1.165) is 10.6 Å². The van der Waals surface area contributed by atoms with Gasteiger partial charge >= 0.3 is 0 Å². The highest BCUT2D eigenvalue weighted by atomic mass is 32.2. The molecule has 0 atom stereocenters. The molecule has 0 aliphatic heterocycles. The van der Waals surface area contributed by atoms with Crippen LogP contribution in [0.3, 0.4) is 0 Å². The van der Waals surface area contributed by atoms with E-state index < -0.39 is 15.9 Å². The molecule has 8 nitrogen and oxygen atoms in total. The van der Waals surface area contributed by atoms with Gasteiger partial charge in [-0.3, -0.25) is 4.79 Å². The van der Waals surface area contributed by atoms with Crippen LogP contribution in [0, 0.1) is 11.3 Å².